The van der Waals surface area contributed by atoms with Crippen molar-refractivity contribution in [1.82, 2.24) is 20.0 Å². The van der Waals surface area contributed by atoms with Crippen LogP contribution in [0.25, 0.3) is 0 Å². The molecule has 0 radical (unpaired) electrons. The lowest BCUT2D eigenvalue weighted by Gasteiger charge is -2.37. The fraction of sp³-hybridized carbons (Fsp3) is 0.778. The van der Waals surface area contributed by atoms with Crippen LogP contribution in [0.4, 0.5) is 0 Å². The summed E-state index contributed by atoms with van der Waals surface area (Å²) in [5.74, 6) is 0.893. The van der Waals surface area contributed by atoms with Crippen LogP contribution in [-0.4, -0.2) is 78.4 Å². The van der Waals surface area contributed by atoms with Crippen LogP contribution in [0.5, 0.6) is 0 Å². The first kappa shape index (κ1) is 22.4. The van der Waals surface area contributed by atoms with E-state index < -0.39 is 0 Å². The number of morpholine rings is 1. The molecule has 0 saturated carbocycles. The highest BCUT2D eigenvalue weighted by molar-refractivity contribution is 14.0. The summed E-state index contributed by atoms with van der Waals surface area (Å²) in [7, 11) is 1.91. The van der Waals surface area contributed by atoms with Gasteiger partial charge in [-0.3, -0.25) is 9.67 Å². The van der Waals surface area contributed by atoms with Crippen molar-refractivity contribution >= 4 is 29.9 Å². The first-order chi connectivity index (χ1) is 12.7. The quantitative estimate of drug-likeness (QED) is 0.364. The smallest absolute Gasteiger partial charge is 0.194 e. The number of hydrogen-bond acceptors (Lipinski definition) is 5. The minimum atomic E-state index is -0.159. The Bertz CT molecular complexity index is 604. The molecule has 2 N–H and O–H groups in total. The molecule has 2 saturated heterocycles. The van der Waals surface area contributed by atoms with E-state index in [1.807, 2.05) is 19.4 Å². The number of aryl methyl sites for hydroxylation is 1. The highest BCUT2D eigenvalue weighted by Crippen LogP contribution is 2.30. The van der Waals surface area contributed by atoms with Gasteiger partial charge in [0.05, 0.1) is 32.5 Å². The maximum absolute atomic E-state index is 9.90. The van der Waals surface area contributed by atoms with Crippen molar-refractivity contribution in [3.8, 4) is 0 Å². The number of aromatic nitrogens is 2. The molecular weight excluding hydrogens is 461 g/mol. The number of aliphatic imine (C=N–C) groups is 1. The molecule has 8 nitrogen and oxygen atoms in total. The van der Waals surface area contributed by atoms with E-state index in [2.05, 4.69) is 22.2 Å². The highest BCUT2D eigenvalue weighted by Gasteiger charge is 2.32. The Balaban J connectivity index is 0.00000261. The van der Waals surface area contributed by atoms with Crippen LogP contribution < -0.4 is 5.32 Å². The van der Waals surface area contributed by atoms with E-state index in [1.165, 1.54) is 0 Å². The van der Waals surface area contributed by atoms with Crippen LogP contribution >= 0.6 is 24.0 Å². The number of nitrogens with zero attached hydrogens (tertiary/aromatic N) is 4. The number of aliphatic hydroxyl groups is 1. The largest absolute Gasteiger partial charge is 0.396 e. The van der Waals surface area contributed by atoms with Gasteiger partial charge in [0.25, 0.3) is 0 Å². The third-order valence-corrected chi connectivity index (χ3v) is 5.25. The van der Waals surface area contributed by atoms with Crippen molar-refractivity contribution in [2.24, 2.45) is 17.5 Å². The molecule has 1 aromatic rings. The van der Waals surface area contributed by atoms with Crippen LogP contribution in [0, 0.1) is 5.41 Å². The summed E-state index contributed by atoms with van der Waals surface area (Å²) in [4.78, 5) is 7.12. The molecule has 2 fully saturated rings. The van der Waals surface area contributed by atoms with Gasteiger partial charge in [-0.25, -0.2) is 0 Å². The molecule has 2 aliphatic rings. The molecule has 1 atom stereocenters. The lowest BCUT2D eigenvalue weighted by atomic mass is 9.81. The van der Waals surface area contributed by atoms with Crippen molar-refractivity contribution in [2.45, 2.75) is 25.9 Å². The standard InChI is InChI=1S/C18H31N5O3.HI/c1-3-19-17(20-13-18(14-24)4-7-25-8-5-18)23-6-9-26-16(12-23)15-10-21-22(2)11-15;/h10-11,16,24H,3-9,12-14H2,1-2H3,(H,19,20);1H. The zero-order valence-corrected chi connectivity index (χ0v) is 18.6. The number of nitrogens with one attached hydrogen (secondary N) is 1. The Morgan fingerprint density at radius 3 is 2.81 bits per heavy atom. The molecule has 27 heavy (non-hydrogen) atoms. The SMILES string of the molecule is CCNC(=NCC1(CO)CCOCC1)N1CCOC(c2cnn(C)c2)C1.I. The van der Waals surface area contributed by atoms with Crippen LogP contribution in [0.3, 0.4) is 0 Å². The molecule has 2 aliphatic heterocycles. The third-order valence-electron chi connectivity index (χ3n) is 5.25. The van der Waals surface area contributed by atoms with Crippen LogP contribution in [0.15, 0.2) is 17.4 Å². The normalized spacial score (nSPS) is 23.0. The lowest BCUT2D eigenvalue weighted by Crippen LogP contribution is -2.49. The molecule has 0 aromatic carbocycles. The minimum Gasteiger partial charge on any atom is -0.396 e. The summed E-state index contributed by atoms with van der Waals surface area (Å²) in [5, 5.41) is 17.5. The zero-order chi connectivity index (χ0) is 18.4. The number of hydrogen-bond donors (Lipinski definition) is 2. The van der Waals surface area contributed by atoms with Gasteiger partial charge in [-0.1, -0.05) is 0 Å². The average molecular weight is 493 g/mol. The van der Waals surface area contributed by atoms with Crippen LogP contribution in [0.1, 0.15) is 31.4 Å². The van der Waals surface area contributed by atoms with E-state index in [0.717, 1.165) is 44.0 Å². The lowest BCUT2D eigenvalue weighted by molar-refractivity contribution is -0.0131. The first-order valence-electron chi connectivity index (χ1n) is 9.48. The molecule has 0 bridgehead atoms. The van der Waals surface area contributed by atoms with Gasteiger partial charge in [-0.05, 0) is 19.8 Å². The minimum absolute atomic E-state index is 0. The number of ether oxygens (including phenoxy) is 2. The van der Waals surface area contributed by atoms with Crippen molar-refractivity contribution in [1.29, 1.82) is 0 Å². The number of rotatable bonds is 5. The number of halogens is 1. The Morgan fingerprint density at radius 2 is 2.19 bits per heavy atom. The van der Waals surface area contributed by atoms with Gasteiger partial charge in [0, 0.05) is 50.5 Å². The van der Waals surface area contributed by atoms with Crippen molar-refractivity contribution in [3.05, 3.63) is 18.0 Å². The molecule has 3 rings (SSSR count). The summed E-state index contributed by atoms with van der Waals surface area (Å²) in [6.45, 7) is 7.26. The van der Waals surface area contributed by atoms with Crippen molar-refractivity contribution in [2.75, 3.05) is 52.6 Å². The second-order valence-electron chi connectivity index (χ2n) is 7.19. The van der Waals surface area contributed by atoms with Gasteiger partial charge in [0.15, 0.2) is 5.96 Å². The molecular formula is C18H32IN5O3. The van der Waals surface area contributed by atoms with E-state index in [9.17, 15) is 5.11 Å². The van der Waals surface area contributed by atoms with Crippen molar-refractivity contribution in [3.63, 3.8) is 0 Å². The summed E-state index contributed by atoms with van der Waals surface area (Å²) >= 11 is 0. The average Bonchev–Trinajstić information content (AvgIpc) is 3.12. The van der Waals surface area contributed by atoms with E-state index in [4.69, 9.17) is 14.5 Å². The summed E-state index contributed by atoms with van der Waals surface area (Å²) in [6.07, 6.45) is 5.57. The molecule has 0 amide bonds. The molecule has 154 valence electrons. The summed E-state index contributed by atoms with van der Waals surface area (Å²) in [5.41, 5.74) is 0.929. The van der Waals surface area contributed by atoms with Gasteiger partial charge < -0.3 is 24.8 Å². The van der Waals surface area contributed by atoms with Gasteiger partial charge in [-0.15, -0.1) is 24.0 Å². The molecule has 1 unspecified atom stereocenters. The number of aliphatic hydroxyl groups excluding tert-OH is 1. The maximum Gasteiger partial charge on any atom is 0.194 e. The fourth-order valence-corrected chi connectivity index (χ4v) is 3.49. The number of guanidine groups is 1. The second kappa shape index (κ2) is 10.6. The Kier molecular flexibility index (Phi) is 8.77. The van der Waals surface area contributed by atoms with Gasteiger partial charge in [0.2, 0.25) is 0 Å². The predicted octanol–water partition coefficient (Wildman–Crippen LogP) is 1.17. The third kappa shape index (κ3) is 5.78. The molecule has 0 spiro atoms. The summed E-state index contributed by atoms with van der Waals surface area (Å²) < 4.78 is 13.2. The predicted molar refractivity (Wildman–Crippen MR) is 114 cm³/mol. The summed E-state index contributed by atoms with van der Waals surface area (Å²) in [6, 6.07) is 0. The Morgan fingerprint density at radius 1 is 1.41 bits per heavy atom. The van der Waals surface area contributed by atoms with Crippen molar-refractivity contribution < 1.29 is 14.6 Å². The Hall–Kier alpha value is -0.910. The van der Waals surface area contributed by atoms with E-state index >= 15 is 0 Å². The molecule has 0 aliphatic carbocycles. The van der Waals surface area contributed by atoms with Crippen LogP contribution in [-0.2, 0) is 16.5 Å². The van der Waals surface area contributed by atoms with Gasteiger partial charge >= 0.3 is 0 Å². The molecule has 1 aromatic heterocycles. The first-order valence-corrected chi connectivity index (χ1v) is 9.48. The van der Waals surface area contributed by atoms with E-state index in [-0.39, 0.29) is 42.1 Å². The topological polar surface area (TPSA) is 84.1 Å². The van der Waals surface area contributed by atoms with Crippen LogP contribution in [0.2, 0.25) is 0 Å². The highest BCUT2D eigenvalue weighted by atomic mass is 127. The van der Waals surface area contributed by atoms with Gasteiger partial charge in [0.1, 0.15) is 6.10 Å². The van der Waals surface area contributed by atoms with Gasteiger partial charge in [-0.2, -0.15) is 5.10 Å². The van der Waals surface area contributed by atoms with E-state index in [1.54, 1.807) is 4.68 Å². The second-order valence-corrected chi connectivity index (χ2v) is 7.19. The zero-order valence-electron chi connectivity index (χ0n) is 16.3. The maximum atomic E-state index is 9.90. The molecule has 3 heterocycles. The molecule has 9 heteroatoms. The fourth-order valence-electron chi connectivity index (χ4n) is 3.49. The Labute approximate surface area is 178 Å². The monoisotopic (exact) mass is 493 g/mol. The van der Waals surface area contributed by atoms with E-state index in [0.29, 0.717) is 26.4 Å².